The van der Waals surface area contributed by atoms with Crippen molar-refractivity contribution in [2.24, 2.45) is 0 Å². The molecule has 0 aliphatic rings. The molecule has 0 bridgehead atoms. The van der Waals surface area contributed by atoms with E-state index in [-0.39, 0.29) is 10.8 Å². The highest BCUT2D eigenvalue weighted by atomic mass is 35.5. The molecule has 3 nitrogen and oxygen atoms in total. The quantitative estimate of drug-likeness (QED) is 0.143. The highest BCUT2D eigenvalue weighted by Crippen LogP contribution is 2.51. The molecule has 0 amide bonds. The second-order valence-corrected chi connectivity index (χ2v) is 19.5. The minimum Gasteiger partial charge on any atom is -0.310 e. The van der Waals surface area contributed by atoms with Gasteiger partial charge in [0.05, 0.1) is 22.1 Å². The molecule has 0 spiro atoms. The normalized spacial score (nSPS) is 11.8. The van der Waals surface area contributed by atoms with Gasteiger partial charge in [0.15, 0.2) is 0 Å². The van der Waals surface area contributed by atoms with E-state index in [1.54, 1.807) is 0 Å². The van der Waals surface area contributed by atoms with Crippen molar-refractivity contribution in [2.75, 3.05) is 14.7 Å². The molecule has 9 aromatic rings. The predicted molar refractivity (Wildman–Crippen MR) is 277 cm³/mol. The summed E-state index contributed by atoms with van der Waals surface area (Å²) in [5.41, 5.74) is 13.7. The first-order chi connectivity index (χ1) is 30.7. The SMILES string of the molecule is Cc1ccc(N(c2ccc(C(C)(C)C)cc2)c2cc(N(c3ccc4ccccc4c3)c3ccc4ccccc4c3)cc(N(c3ccc(C)cc3)c3ccc(C(C)(C)C)cc3)c2Cl)cc1. The predicted octanol–water partition coefficient (Wildman–Crippen LogP) is 18.3. The summed E-state index contributed by atoms with van der Waals surface area (Å²) in [5.74, 6) is 0. The molecular formula is C60H56ClN3. The minimum atomic E-state index is -0.00472. The number of benzene rings is 9. The third-order valence-corrected chi connectivity index (χ3v) is 12.7. The van der Waals surface area contributed by atoms with Gasteiger partial charge in [-0.2, -0.15) is 0 Å². The molecule has 9 aromatic carbocycles. The molecule has 0 atom stereocenters. The Morgan fingerprint density at radius 1 is 0.312 bits per heavy atom. The van der Waals surface area contributed by atoms with Crippen molar-refractivity contribution in [1.82, 2.24) is 0 Å². The monoisotopic (exact) mass is 853 g/mol. The van der Waals surface area contributed by atoms with Crippen LogP contribution in [-0.2, 0) is 10.8 Å². The Balaban J connectivity index is 1.38. The Morgan fingerprint density at radius 2 is 0.625 bits per heavy atom. The lowest BCUT2D eigenvalue weighted by atomic mass is 9.87. The molecule has 4 heteroatoms. The van der Waals surface area contributed by atoms with E-state index in [0.717, 1.165) is 51.2 Å². The number of nitrogens with zero attached hydrogens (tertiary/aromatic N) is 3. The highest BCUT2D eigenvalue weighted by Gasteiger charge is 2.27. The fraction of sp³-hybridized carbons (Fsp3) is 0.167. The van der Waals surface area contributed by atoms with E-state index >= 15 is 0 Å². The average molecular weight is 855 g/mol. The fourth-order valence-electron chi connectivity index (χ4n) is 8.58. The van der Waals surface area contributed by atoms with Crippen molar-refractivity contribution < 1.29 is 0 Å². The Kier molecular flexibility index (Phi) is 11.3. The Labute approximate surface area is 384 Å². The number of aryl methyl sites for hydroxylation is 2. The van der Waals surface area contributed by atoms with Gasteiger partial charge in [-0.1, -0.05) is 173 Å². The molecule has 0 aliphatic carbocycles. The van der Waals surface area contributed by atoms with Crippen LogP contribution in [0.25, 0.3) is 21.5 Å². The zero-order valence-electron chi connectivity index (χ0n) is 38.2. The van der Waals surface area contributed by atoms with Gasteiger partial charge in [0.25, 0.3) is 0 Å². The summed E-state index contributed by atoms with van der Waals surface area (Å²) in [6.07, 6.45) is 0. The first-order valence-electron chi connectivity index (χ1n) is 22.3. The summed E-state index contributed by atoms with van der Waals surface area (Å²) in [4.78, 5) is 7.01. The number of hydrogen-bond donors (Lipinski definition) is 0. The summed E-state index contributed by atoms with van der Waals surface area (Å²) in [7, 11) is 0. The first-order valence-corrected chi connectivity index (χ1v) is 22.7. The smallest absolute Gasteiger partial charge is 0.0888 e. The zero-order valence-corrected chi connectivity index (χ0v) is 39.0. The van der Waals surface area contributed by atoms with Gasteiger partial charge in [0.1, 0.15) is 0 Å². The van der Waals surface area contributed by atoms with Crippen LogP contribution in [0, 0.1) is 13.8 Å². The van der Waals surface area contributed by atoms with Crippen molar-refractivity contribution in [3.05, 3.63) is 221 Å². The van der Waals surface area contributed by atoms with Crippen LogP contribution in [-0.4, -0.2) is 0 Å². The van der Waals surface area contributed by atoms with Gasteiger partial charge in [-0.15, -0.1) is 0 Å². The third-order valence-electron chi connectivity index (χ3n) is 12.3. The summed E-state index contributed by atoms with van der Waals surface area (Å²) >= 11 is 8.09. The van der Waals surface area contributed by atoms with Crippen molar-refractivity contribution >= 4 is 84.3 Å². The number of fused-ring (bicyclic) bond motifs is 2. The molecule has 0 aromatic heterocycles. The van der Waals surface area contributed by atoms with Crippen LogP contribution >= 0.6 is 11.6 Å². The molecule has 0 unspecified atom stereocenters. The highest BCUT2D eigenvalue weighted by molar-refractivity contribution is 6.37. The number of rotatable bonds is 9. The number of halogens is 1. The van der Waals surface area contributed by atoms with Crippen LogP contribution in [0.4, 0.5) is 51.2 Å². The standard InChI is InChI=1S/C60H56ClN3/c1-41-17-27-49(28-18-41)63(51-33-23-47(24-34-51)59(3,4)5)56-39-55(40-57(58(56)61)64(50-29-19-42(2)20-30-50)52-35-25-48(26-36-52)60(6,7)8)62(53-31-21-43-13-9-11-15-45(43)37-53)54-32-22-44-14-10-12-16-46(44)38-54/h9-40H,1-8H3. The maximum absolute atomic E-state index is 8.09. The molecule has 0 heterocycles. The summed E-state index contributed by atoms with van der Waals surface area (Å²) in [6, 6.07) is 70.6. The van der Waals surface area contributed by atoms with Crippen LogP contribution in [0.3, 0.4) is 0 Å². The number of hydrogen-bond acceptors (Lipinski definition) is 3. The van der Waals surface area contributed by atoms with Gasteiger partial charge >= 0.3 is 0 Å². The molecule has 0 saturated heterocycles. The molecule has 9 rings (SSSR count). The third kappa shape index (κ3) is 8.61. The van der Waals surface area contributed by atoms with Crippen LogP contribution in [0.5, 0.6) is 0 Å². The van der Waals surface area contributed by atoms with Crippen LogP contribution in [0.1, 0.15) is 63.8 Å². The topological polar surface area (TPSA) is 9.72 Å². The van der Waals surface area contributed by atoms with E-state index in [4.69, 9.17) is 11.6 Å². The van der Waals surface area contributed by atoms with Gasteiger partial charge in [-0.05, 0) is 142 Å². The summed E-state index contributed by atoms with van der Waals surface area (Å²) in [5, 5.41) is 5.34. The molecular weight excluding hydrogens is 798 g/mol. The Bertz CT molecular complexity index is 2870. The maximum atomic E-state index is 8.09. The number of anilines is 9. The Hall–Kier alpha value is -6.81. The van der Waals surface area contributed by atoms with Crippen molar-refractivity contribution in [1.29, 1.82) is 0 Å². The second kappa shape index (κ2) is 17.1. The maximum Gasteiger partial charge on any atom is 0.0888 e. The lowest BCUT2D eigenvalue weighted by molar-refractivity contribution is 0.590. The van der Waals surface area contributed by atoms with E-state index in [1.807, 2.05) is 0 Å². The summed E-state index contributed by atoms with van der Waals surface area (Å²) in [6.45, 7) is 17.8. The van der Waals surface area contributed by atoms with Gasteiger partial charge in [-0.3, -0.25) is 0 Å². The van der Waals surface area contributed by atoms with Crippen LogP contribution in [0.2, 0.25) is 5.02 Å². The van der Waals surface area contributed by atoms with Gasteiger partial charge < -0.3 is 14.7 Å². The molecule has 0 aliphatic heterocycles. The van der Waals surface area contributed by atoms with Crippen LogP contribution in [0.15, 0.2) is 194 Å². The van der Waals surface area contributed by atoms with Gasteiger partial charge in [0, 0.05) is 34.1 Å². The molecule has 0 N–H and O–H groups in total. The molecule has 0 saturated carbocycles. The molecule has 318 valence electrons. The van der Waals surface area contributed by atoms with Gasteiger partial charge in [-0.25, -0.2) is 0 Å². The minimum absolute atomic E-state index is 0.00472. The average Bonchev–Trinajstić information content (AvgIpc) is 3.29. The molecule has 0 fully saturated rings. The molecule has 64 heavy (non-hydrogen) atoms. The molecule has 0 radical (unpaired) electrons. The lowest BCUT2D eigenvalue weighted by Gasteiger charge is -2.34. The van der Waals surface area contributed by atoms with Crippen molar-refractivity contribution in [3.8, 4) is 0 Å². The summed E-state index contributed by atoms with van der Waals surface area (Å²) < 4.78 is 0. The van der Waals surface area contributed by atoms with Gasteiger partial charge in [0.2, 0.25) is 0 Å². The van der Waals surface area contributed by atoms with E-state index in [0.29, 0.717) is 5.02 Å². The lowest BCUT2D eigenvalue weighted by Crippen LogP contribution is -2.18. The van der Waals surface area contributed by atoms with E-state index < -0.39 is 0 Å². The van der Waals surface area contributed by atoms with E-state index in [2.05, 4.69) is 264 Å². The van der Waals surface area contributed by atoms with Crippen LogP contribution < -0.4 is 14.7 Å². The second-order valence-electron chi connectivity index (χ2n) is 19.1. The first kappa shape index (κ1) is 42.5. The van der Waals surface area contributed by atoms with Crippen molar-refractivity contribution in [3.63, 3.8) is 0 Å². The Morgan fingerprint density at radius 3 is 0.969 bits per heavy atom. The van der Waals surface area contributed by atoms with Crippen molar-refractivity contribution in [2.45, 2.75) is 66.2 Å². The largest absolute Gasteiger partial charge is 0.310 e. The van der Waals surface area contributed by atoms with E-state index in [9.17, 15) is 0 Å². The zero-order chi connectivity index (χ0) is 44.8. The van der Waals surface area contributed by atoms with E-state index in [1.165, 1.54) is 43.8 Å². The fourth-order valence-corrected chi connectivity index (χ4v) is 8.85.